The van der Waals surface area contributed by atoms with Crippen molar-refractivity contribution in [2.45, 2.75) is 20.3 Å². The zero-order valence-corrected chi connectivity index (χ0v) is 10.5. The summed E-state index contributed by atoms with van der Waals surface area (Å²) >= 11 is 0. The average Bonchev–Trinajstić information content (AvgIpc) is 2.79. The number of nitrogens with zero attached hydrogens (tertiary/aromatic N) is 3. The van der Waals surface area contributed by atoms with Crippen LogP contribution in [0.3, 0.4) is 0 Å². The van der Waals surface area contributed by atoms with E-state index in [2.05, 4.69) is 15.4 Å². The van der Waals surface area contributed by atoms with Gasteiger partial charge in [-0.25, -0.2) is 9.50 Å². The molecule has 2 aromatic heterocycles. The van der Waals surface area contributed by atoms with E-state index < -0.39 is 0 Å². The molecule has 2 aromatic rings. The molecule has 18 heavy (non-hydrogen) atoms. The number of hydrogen-bond acceptors (Lipinski definition) is 4. The third-order valence-corrected chi connectivity index (χ3v) is 2.36. The second-order valence-corrected chi connectivity index (χ2v) is 3.79. The van der Waals surface area contributed by atoms with Crippen molar-refractivity contribution in [2.24, 2.45) is 0 Å². The van der Waals surface area contributed by atoms with Gasteiger partial charge >= 0.3 is 0 Å². The van der Waals surface area contributed by atoms with Crippen molar-refractivity contribution >= 4 is 11.6 Å². The largest absolute Gasteiger partial charge is 0.477 e. The van der Waals surface area contributed by atoms with Gasteiger partial charge in [-0.2, -0.15) is 0 Å². The fraction of sp³-hybridized carbons (Fsp3) is 0.417. The topological polar surface area (TPSA) is 68.5 Å². The fourth-order valence-corrected chi connectivity index (χ4v) is 1.53. The number of carbonyl (C=O) groups excluding carboxylic acids is 1. The first-order valence-corrected chi connectivity index (χ1v) is 6.02. The highest BCUT2D eigenvalue weighted by molar-refractivity contribution is 5.92. The zero-order valence-electron chi connectivity index (χ0n) is 10.5. The Bertz CT molecular complexity index is 550. The number of rotatable bonds is 5. The Labute approximate surface area is 105 Å². The van der Waals surface area contributed by atoms with Crippen LogP contribution in [0.1, 0.15) is 30.8 Å². The lowest BCUT2D eigenvalue weighted by Crippen LogP contribution is -2.24. The molecule has 6 nitrogen and oxygen atoms in total. The highest BCUT2D eigenvalue weighted by Crippen LogP contribution is 2.09. The van der Waals surface area contributed by atoms with Gasteiger partial charge in [0.05, 0.1) is 12.8 Å². The minimum absolute atomic E-state index is 0.180. The minimum atomic E-state index is -0.180. The molecule has 0 aliphatic heterocycles. The van der Waals surface area contributed by atoms with Crippen molar-refractivity contribution in [3.05, 3.63) is 24.0 Å². The van der Waals surface area contributed by atoms with E-state index in [0.717, 1.165) is 6.42 Å². The first-order chi connectivity index (χ1) is 8.74. The van der Waals surface area contributed by atoms with Crippen LogP contribution in [0.4, 0.5) is 0 Å². The maximum Gasteiger partial charge on any atom is 0.271 e. The Morgan fingerprint density at radius 2 is 2.28 bits per heavy atom. The average molecular weight is 248 g/mol. The summed E-state index contributed by atoms with van der Waals surface area (Å²) in [6.45, 7) is 5.09. The number of imidazole rings is 1. The molecule has 6 heteroatoms. The van der Waals surface area contributed by atoms with Gasteiger partial charge < -0.3 is 10.1 Å². The van der Waals surface area contributed by atoms with Crippen LogP contribution in [-0.4, -0.2) is 33.7 Å². The number of aromatic nitrogens is 3. The molecule has 1 amide bonds. The molecule has 0 fully saturated rings. The van der Waals surface area contributed by atoms with E-state index in [1.165, 1.54) is 0 Å². The van der Waals surface area contributed by atoms with Crippen molar-refractivity contribution < 1.29 is 9.53 Å². The zero-order chi connectivity index (χ0) is 13.0. The maximum absolute atomic E-state index is 11.7. The van der Waals surface area contributed by atoms with Crippen molar-refractivity contribution in [2.75, 3.05) is 13.2 Å². The summed E-state index contributed by atoms with van der Waals surface area (Å²) in [5, 5.41) is 6.98. The summed E-state index contributed by atoms with van der Waals surface area (Å²) < 4.78 is 6.84. The third-order valence-electron chi connectivity index (χ3n) is 2.36. The second kappa shape index (κ2) is 5.48. The quantitative estimate of drug-likeness (QED) is 0.865. The summed E-state index contributed by atoms with van der Waals surface area (Å²) in [4.78, 5) is 15.9. The molecule has 0 spiro atoms. The second-order valence-electron chi connectivity index (χ2n) is 3.79. The maximum atomic E-state index is 11.7. The molecular weight excluding hydrogens is 232 g/mol. The molecule has 0 saturated carbocycles. The van der Waals surface area contributed by atoms with Gasteiger partial charge in [-0.15, -0.1) is 5.10 Å². The Morgan fingerprint density at radius 3 is 3.00 bits per heavy atom. The summed E-state index contributed by atoms with van der Waals surface area (Å²) in [6, 6.07) is 3.51. The minimum Gasteiger partial charge on any atom is -0.477 e. The van der Waals surface area contributed by atoms with E-state index in [4.69, 9.17) is 4.74 Å². The van der Waals surface area contributed by atoms with Crippen molar-refractivity contribution in [3.63, 3.8) is 0 Å². The Hall–Kier alpha value is -2.11. The van der Waals surface area contributed by atoms with Crippen molar-refractivity contribution in [1.82, 2.24) is 19.9 Å². The third kappa shape index (κ3) is 2.58. The molecule has 2 heterocycles. The predicted molar refractivity (Wildman–Crippen MR) is 66.8 cm³/mol. The van der Waals surface area contributed by atoms with Crippen LogP contribution in [0.5, 0.6) is 5.88 Å². The predicted octanol–water partition coefficient (Wildman–Crippen LogP) is 1.27. The molecular formula is C12H16N4O2. The molecule has 0 aliphatic carbocycles. The molecule has 0 radical (unpaired) electrons. The number of nitrogens with one attached hydrogen (secondary N) is 1. The lowest BCUT2D eigenvalue weighted by molar-refractivity contribution is 0.0949. The molecule has 0 aliphatic rings. The molecule has 0 aromatic carbocycles. The van der Waals surface area contributed by atoms with Crippen LogP contribution < -0.4 is 10.1 Å². The molecule has 1 N–H and O–H groups in total. The highest BCUT2D eigenvalue weighted by atomic mass is 16.5. The smallest absolute Gasteiger partial charge is 0.271 e. The van der Waals surface area contributed by atoms with Gasteiger partial charge in [0.25, 0.3) is 5.91 Å². The molecule has 0 bridgehead atoms. The number of ether oxygens (including phenoxy) is 1. The van der Waals surface area contributed by atoms with Gasteiger partial charge in [0.2, 0.25) is 5.88 Å². The standard InChI is InChI=1S/C12H16N4O2/c1-3-7-13-12(17)9-8-16-10(14-9)5-6-11(15-16)18-4-2/h5-6,8H,3-4,7H2,1-2H3,(H,13,17). The Kier molecular flexibility index (Phi) is 3.76. The summed E-state index contributed by atoms with van der Waals surface area (Å²) in [7, 11) is 0. The van der Waals surface area contributed by atoms with E-state index in [0.29, 0.717) is 30.4 Å². The highest BCUT2D eigenvalue weighted by Gasteiger charge is 2.10. The number of fused-ring (bicyclic) bond motifs is 1. The lowest BCUT2D eigenvalue weighted by atomic mass is 10.4. The molecule has 2 rings (SSSR count). The van der Waals surface area contributed by atoms with Gasteiger partial charge in [0.1, 0.15) is 5.69 Å². The number of amides is 1. The number of hydrogen-bond donors (Lipinski definition) is 1. The van der Waals surface area contributed by atoms with Gasteiger partial charge in [0.15, 0.2) is 5.65 Å². The van der Waals surface area contributed by atoms with Crippen LogP contribution in [0.2, 0.25) is 0 Å². The van der Waals surface area contributed by atoms with Gasteiger partial charge in [0, 0.05) is 12.6 Å². The summed E-state index contributed by atoms with van der Waals surface area (Å²) in [5.41, 5.74) is 0.990. The van der Waals surface area contributed by atoms with Crippen LogP contribution in [-0.2, 0) is 0 Å². The fourth-order valence-electron chi connectivity index (χ4n) is 1.53. The Balaban J connectivity index is 2.23. The molecule has 96 valence electrons. The number of carbonyl (C=O) groups is 1. The lowest BCUT2D eigenvalue weighted by Gasteiger charge is -2.00. The van der Waals surface area contributed by atoms with Crippen LogP contribution in [0.25, 0.3) is 5.65 Å². The van der Waals surface area contributed by atoms with Gasteiger partial charge in [-0.3, -0.25) is 4.79 Å². The van der Waals surface area contributed by atoms with E-state index in [1.807, 2.05) is 13.8 Å². The monoisotopic (exact) mass is 248 g/mol. The van der Waals surface area contributed by atoms with E-state index in [1.54, 1.807) is 22.8 Å². The normalized spacial score (nSPS) is 10.6. The Morgan fingerprint density at radius 1 is 1.44 bits per heavy atom. The first-order valence-electron chi connectivity index (χ1n) is 6.02. The SMILES string of the molecule is CCCNC(=O)c1cn2nc(OCC)ccc2n1. The van der Waals surface area contributed by atoms with Crippen LogP contribution in [0, 0.1) is 0 Å². The van der Waals surface area contributed by atoms with E-state index in [-0.39, 0.29) is 5.91 Å². The van der Waals surface area contributed by atoms with Crippen LogP contribution in [0.15, 0.2) is 18.3 Å². The molecule has 0 atom stereocenters. The van der Waals surface area contributed by atoms with E-state index in [9.17, 15) is 4.79 Å². The van der Waals surface area contributed by atoms with Gasteiger partial charge in [-0.05, 0) is 19.4 Å². The van der Waals surface area contributed by atoms with Gasteiger partial charge in [-0.1, -0.05) is 6.92 Å². The van der Waals surface area contributed by atoms with Crippen LogP contribution >= 0.6 is 0 Å². The molecule has 0 saturated heterocycles. The van der Waals surface area contributed by atoms with E-state index >= 15 is 0 Å². The molecule has 0 unspecified atom stereocenters. The van der Waals surface area contributed by atoms with Crippen molar-refractivity contribution in [3.8, 4) is 5.88 Å². The summed E-state index contributed by atoms with van der Waals surface area (Å²) in [5.74, 6) is 0.336. The summed E-state index contributed by atoms with van der Waals surface area (Å²) in [6.07, 6.45) is 2.49. The van der Waals surface area contributed by atoms with Crippen molar-refractivity contribution in [1.29, 1.82) is 0 Å². The first kappa shape index (κ1) is 12.3.